The number of pyridine rings is 1. The summed E-state index contributed by atoms with van der Waals surface area (Å²) < 4.78 is 44.5. The van der Waals surface area contributed by atoms with Crippen LogP contribution in [0.5, 0.6) is 0 Å². The van der Waals surface area contributed by atoms with Crippen LogP contribution in [0, 0.1) is 6.92 Å². The molecule has 2 heterocycles. The molecule has 0 saturated carbocycles. The number of alkyl halides is 3. The van der Waals surface area contributed by atoms with Gasteiger partial charge in [-0.25, -0.2) is 14.5 Å². The number of aromatic nitrogens is 3. The second kappa shape index (κ2) is 9.39. The summed E-state index contributed by atoms with van der Waals surface area (Å²) in [7, 11) is 0. The highest BCUT2D eigenvalue weighted by Crippen LogP contribution is 2.29. The third kappa shape index (κ3) is 5.25. The molecule has 0 saturated heterocycles. The van der Waals surface area contributed by atoms with Gasteiger partial charge < -0.3 is 10.1 Å². The predicted octanol–water partition coefficient (Wildman–Crippen LogP) is 4.11. The Hall–Kier alpha value is -3.40. The lowest BCUT2D eigenvalue weighted by Crippen LogP contribution is -2.35. The molecule has 3 rings (SSSR count). The molecule has 32 heavy (non-hydrogen) atoms. The van der Waals surface area contributed by atoms with Gasteiger partial charge in [-0.05, 0) is 37.6 Å². The van der Waals surface area contributed by atoms with Crippen molar-refractivity contribution in [2.45, 2.75) is 32.7 Å². The van der Waals surface area contributed by atoms with Crippen molar-refractivity contribution < 1.29 is 27.5 Å². The van der Waals surface area contributed by atoms with Crippen LogP contribution in [0.3, 0.4) is 0 Å². The summed E-state index contributed by atoms with van der Waals surface area (Å²) >= 11 is 6.05. The number of carbonyl (C=O) groups is 2. The fraction of sp³-hybridized carbons (Fsp3) is 0.238. The van der Waals surface area contributed by atoms with E-state index in [0.29, 0.717) is 22.5 Å². The fourth-order valence-electron chi connectivity index (χ4n) is 2.77. The molecule has 11 heteroatoms. The van der Waals surface area contributed by atoms with Crippen LogP contribution in [-0.2, 0) is 22.3 Å². The van der Waals surface area contributed by atoms with E-state index >= 15 is 0 Å². The van der Waals surface area contributed by atoms with Crippen LogP contribution in [0.15, 0.2) is 48.8 Å². The average molecular weight is 467 g/mol. The van der Waals surface area contributed by atoms with Crippen LogP contribution in [0.2, 0.25) is 5.02 Å². The molecule has 1 atom stereocenters. The summed E-state index contributed by atoms with van der Waals surface area (Å²) in [6, 6.07) is 9.00. The number of nitrogens with one attached hydrogen (secondary N) is 1. The van der Waals surface area contributed by atoms with Crippen LogP contribution < -0.4 is 5.32 Å². The lowest BCUT2D eigenvalue weighted by Gasteiger charge is -2.14. The van der Waals surface area contributed by atoms with Crippen molar-refractivity contribution in [2.75, 3.05) is 0 Å². The summed E-state index contributed by atoms with van der Waals surface area (Å²) in [5, 5.41) is 7.13. The number of rotatable bonds is 6. The summed E-state index contributed by atoms with van der Waals surface area (Å²) in [4.78, 5) is 28.5. The largest absolute Gasteiger partial charge is 0.449 e. The highest BCUT2D eigenvalue weighted by atomic mass is 35.5. The summed E-state index contributed by atoms with van der Waals surface area (Å²) in [5.74, 6) is -1.23. The molecule has 0 fully saturated rings. The second-order valence-corrected chi connectivity index (χ2v) is 7.22. The number of hydrogen-bond acceptors (Lipinski definition) is 5. The number of ether oxygens (including phenoxy) is 1. The first-order valence-electron chi connectivity index (χ1n) is 9.38. The molecule has 1 aromatic carbocycles. The van der Waals surface area contributed by atoms with E-state index < -0.39 is 29.7 Å². The zero-order valence-corrected chi connectivity index (χ0v) is 17.7. The molecule has 0 aliphatic rings. The van der Waals surface area contributed by atoms with Crippen LogP contribution in [0.1, 0.15) is 34.1 Å². The Bertz CT molecular complexity index is 1130. The number of esters is 1. The van der Waals surface area contributed by atoms with Gasteiger partial charge in [0.05, 0.1) is 17.5 Å². The molecule has 2 aromatic heterocycles. The van der Waals surface area contributed by atoms with Gasteiger partial charge in [0.25, 0.3) is 5.91 Å². The van der Waals surface area contributed by atoms with Crippen molar-refractivity contribution in [3.05, 3.63) is 76.2 Å². The number of amides is 1. The molecule has 0 aliphatic carbocycles. The van der Waals surface area contributed by atoms with Crippen molar-refractivity contribution >= 4 is 23.5 Å². The van der Waals surface area contributed by atoms with E-state index in [4.69, 9.17) is 16.3 Å². The lowest BCUT2D eigenvalue weighted by molar-refractivity contribution is -0.137. The SMILES string of the molecule is Cc1c(C(=O)OC(C)C(=O)NCc2ccccc2Cl)cnn1-c1ccc(C(F)(F)F)cn1. The first kappa shape index (κ1) is 23.3. The van der Waals surface area contributed by atoms with Crippen LogP contribution in [-0.4, -0.2) is 32.7 Å². The van der Waals surface area contributed by atoms with Crippen molar-refractivity contribution in [2.24, 2.45) is 0 Å². The van der Waals surface area contributed by atoms with Crippen LogP contribution >= 0.6 is 11.6 Å². The highest BCUT2D eigenvalue weighted by molar-refractivity contribution is 6.31. The van der Waals surface area contributed by atoms with Gasteiger partial charge in [0.1, 0.15) is 5.56 Å². The maximum Gasteiger partial charge on any atom is 0.417 e. The standard InChI is InChI=1S/C21H18ClF3N4O3/c1-12-16(11-28-29(12)18-8-7-15(10-26-18)21(23,24)25)20(31)32-13(2)19(30)27-9-14-5-3-4-6-17(14)22/h3-8,10-11,13H,9H2,1-2H3,(H,27,30). The molecule has 0 bridgehead atoms. The number of benzene rings is 1. The number of hydrogen-bond donors (Lipinski definition) is 1. The first-order valence-corrected chi connectivity index (χ1v) is 9.76. The zero-order valence-electron chi connectivity index (χ0n) is 17.0. The first-order chi connectivity index (χ1) is 15.1. The number of halogens is 4. The van der Waals surface area contributed by atoms with E-state index in [1.807, 2.05) is 0 Å². The minimum absolute atomic E-state index is 0.0532. The smallest absolute Gasteiger partial charge is 0.417 e. The van der Waals surface area contributed by atoms with E-state index in [-0.39, 0.29) is 17.9 Å². The molecule has 168 valence electrons. The quantitative estimate of drug-likeness (QED) is 0.552. The molecule has 0 aliphatic heterocycles. The highest BCUT2D eigenvalue weighted by Gasteiger charge is 2.31. The minimum Gasteiger partial charge on any atom is -0.449 e. The average Bonchev–Trinajstić information content (AvgIpc) is 3.13. The molecule has 1 amide bonds. The van der Waals surface area contributed by atoms with Gasteiger partial charge in [-0.15, -0.1) is 0 Å². The Kier molecular flexibility index (Phi) is 6.83. The van der Waals surface area contributed by atoms with E-state index in [1.165, 1.54) is 24.7 Å². The van der Waals surface area contributed by atoms with E-state index in [1.54, 1.807) is 24.3 Å². The Morgan fingerprint density at radius 1 is 1.19 bits per heavy atom. The van der Waals surface area contributed by atoms with Crippen molar-refractivity contribution in [1.82, 2.24) is 20.1 Å². The molecular weight excluding hydrogens is 449 g/mol. The summed E-state index contributed by atoms with van der Waals surface area (Å²) in [6.07, 6.45) is -3.73. The Morgan fingerprint density at radius 3 is 2.53 bits per heavy atom. The maximum absolute atomic E-state index is 12.7. The normalized spacial score (nSPS) is 12.3. The predicted molar refractivity (Wildman–Crippen MR) is 109 cm³/mol. The molecular formula is C21H18ClF3N4O3. The minimum atomic E-state index is -4.51. The van der Waals surface area contributed by atoms with Gasteiger partial charge in [-0.2, -0.15) is 18.3 Å². The Balaban J connectivity index is 1.65. The number of carbonyl (C=O) groups excluding carboxylic acids is 2. The van der Waals surface area contributed by atoms with Gasteiger partial charge >= 0.3 is 12.1 Å². The Morgan fingerprint density at radius 2 is 1.91 bits per heavy atom. The molecule has 7 nitrogen and oxygen atoms in total. The van der Waals surface area contributed by atoms with Gasteiger partial charge in [-0.3, -0.25) is 4.79 Å². The zero-order chi connectivity index (χ0) is 23.5. The van der Waals surface area contributed by atoms with Crippen molar-refractivity contribution in [3.63, 3.8) is 0 Å². The van der Waals surface area contributed by atoms with Crippen LogP contribution in [0.4, 0.5) is 13.2 Å². The Labute approximate surface area is 186 Å². The lowest BCUT2D eigenvalue weighted by atomic mass is 10.2. The van der Waals surface area contributed by atoms with E-state index in [9.17, 15) is 22.8 Å². The number of nitrogens with zero attached hydrogens (tertiary/aromatic N) is 3. The molecule has 3 aromatic rings. The second-order valence-electron chi connectivity index (χ2n) is 6.82. The maximum atomic E-state index is 12.7. The summed E-state index contributed by atoms with van der Waals surface area (Å²) in [6.45, 7) is 3.11. The van der Waals surface area contributed by atoms with Gasteiger partial charge in [-0.1, -0.05) is 29.8 Å². The third-order valence-electron chi connectivity index (χ3n) is 4.59. The van der Waals surface area contributed by atoms with Crippen molar-refractivity contribution in [3.8, 4) is 5.82 Å². The van der Waals surface area contributed by atoms with Crippen molar-refractivity contribution in [1.29, 1.82) is 0 Å². The fourth-order valence-corrected chi connectivity index (χ4v) is 2.97. The van der Waals surface area contributed by atoms with Gasteiger partial charge in [0, 0.05) is 17.8 Å². The molecule has 1 N–H and O–H groups in total. The van der Waals surface area contributed by atoms with E-state index in [2.05, 4.69) is 15.4 Å². The third-order valence-corrected chi connectivity index (χ3v) is 4.95. The molecule has 0 radical (unpaired) electrons. The van der Waals surface area contributed by atoms with E-state index in [0.717, 1.165) is 12.1 Å². The molecule has 0 spiro atoms. The summed E-state index contributed by atoms with van der Waals surface area (Å²) in [5.41, 5.74) is 0.160. The van der Waals surface area contributed by atoms with Gasteiger partial charge in [0.15, 0.2) is 11.9 Å². The van der Waals surface area contributed by atoms with Gasteiger partial charge in [0.2, 0.25) is 0 Å². The topological polar surface area (TPSA) is 86.1 Å². The molecule has 1 unspecified atom stereocenters. The van der Waals surface area contributed by atoms with Crippen LogP contribution in [0.25, 0.3) is 5.82 Å². The monoisotopic (exact) mass is 466 g/mol.